The van der Waals surface area contributed by atoms with Gasteiger partial charge in [0.05, 0.1) is 12.4 Å². The minimum absolute atomic E-state index is 0.0454. The molecule has 0 bridgehead atoms. The van der Waals surface area contributed by atoms with Crippen molar-refractivity contribution in [2.24, 2.45) is 11.3 Å². The molecule has 1 spiro atoms. The SMILES string of the molecule is C[C@@H]1CC(C)(C)C[C@]2(C1)NC(=O)N(CC(=O)N[C@@H](C)c1ccc(-n3ccnc3)cc1)C2=O. The van der Waals surface area contributed by atoms with Crippen LogP contribution >= 0.6 is 0 Å². The summed E-state index contributed by atoms with van der Waals surface area (Å²) in [5, 5.41) is 5.82. The van der Waals surface area contributed by atoms with Gasteiger partial charge in [0.2, 0.25) is 5.91 Å². The van der Waals surface area contributed by atoms with Gasteiger partial charge in [-0.05, 0) is 55.2 Å². The standard InChI is InChI=1S/C24H31N5O3/c1-16-11-23(3,4)14-24(12-16)21(31)29(22(32)27-24)13-20(30)26-17(2)18-5-7-19(8-6-18)28-10-9-25-15-28/h5-10,15-17H,11-14H2,1-4H3,(H,26,30)(H,27,32)/t16-,17+,24+/m1/s1. The number of hydrogen-bond donors (Lipinski definition) is 2. The number of carbonyl (C=O) groups excluding carboxylic acids is 3. The Bertz CT molecular complexity index is 1010. The summed E-state index contributed by atoms with van der Waals surface area (Å²) in [5.41, 5.74) is 0.960. The van der Waals surface area contributed by atoms with Crippen molar-refractivity contribution in [3.05, 3.63) is 48.5 Å². The van der Waals surface area contributed by atoms with Gasteiger partial charge in [-0.1, -0.05) is 32.9 Å². The van der Waals surface area contributed by atoms with Crippen molar-refractivity contribution in [3.63, 3.8) is 0 Å². The second-order valence-electron chi connectivity index (χ2n) is 10.1. The van der Waals surface area contributed by atoms with E-state index < -0.39 is 11.6 Å². The zero-order valence-corrected chi connectivity index (χ0v) is 19.1. The van der Waals surface area contributed by atoms with Crippen molar-refractivity contribution in [2.75, 3.05) is 6.54 Å². The fourth-order valence-electron chi connectivity index (χ4n) is 5.51. The van der Waals surface area contributed by atoms with Crippen LogP contribution in [0.25, 0.3) is 5.69 Å². The summed E-state index contributed by atoms with van der Waals surface area (Å²) in [5.74, 6) is -0.323. The van der Waals surface area contributed by atoms with Crippen LogP contribution in [-0.2, 0) is 9.59 Å². The average molecular weight is 438 g/mol. The molecule has 170 valence electrons. The monoisotopic (exact) mass is 437 g/mol. The first-order chi connectivity index (χ1) is 15.1. The van der Waals surface area contributed by atoms with Gasteiger partial charge in [0.15, 0.2) is 0 Å². The summed E-state index contributed by atoms with van der Waals surface area (Å²) in [6, 6.07) is 7.04. The third-order valence-corrected chi connectivity index (χ3v) is 6.50. The highest BCUT2D eigenvalue weighted by Gasteiger charge is 2.56. The van der Waals surface area contributed by atoms with Crippen LogP contribution in [0.15, 0.2) is 43.0 Å². The first-order valence-electron chi connectivity index (χ1n) is 11.1. The Labute approximate surface area is 188 Å². The lowest BCUT2D eigenvalue weighted by Gasteiger charge is -2.43. The van der Waals surface area contributed by atoms with Crippen LogP contribution in [0.5, 0.6) is 0 Å². The van der Waals surface area contributed by atoms with Gasteiger partial charge in [-0.2, -0.15) is 0 Å². The predicted molar refractivity (Wildman–Crippen MR) is 120 cm³/mol. The Hall–Kier alpha value is -3.16. The van der Waals surface area contributed by atoms with Gasteiger partial charge in [-0.25, -0.2) is 9.78 Å². The molecule has 32 heavy (non-hydrogen) atoms. The van der Waals surface area contributed by atoms with Crippen LogP contribution in [0.4, 0.5) is 4.79 Å². The summed E-state index contributed by atoms with van der Waals surface area (Å²) in [6.07, 6.45) is 7.51. The van der Waals surface area contributed by atoms with E-state index in [9.17, 15) is 14.4 Å². The minimum Gasteiger partial charge on any atom is -0.348 e. The summed E-state index contributed by atoms with van der Waals surface area (Å²) in [6.45, 7) is 7.96. The fourth-order valence-corrected chi connectivity index (χ4v) is 5.51. The summed E-state index contributed by atoms with van der Waals surface area (Å²) >= 11 is 0. The van der Waals surface area contributed by atoms with Crippen LogP contribution in [0.3, 0.4) is 0 Å². The third kappa shape index (κ3) is 4.26. The van der Waals surface area contributed by atoms with Crippen molar-refractivity contribution in [2.45, 2.75) is 58.5 Å². The maximum Gasteiger partial charge on any atom is 0.325 e. The number of urea groups is 1. The zero-order chi connectivity index (χ0) is 23.1. The maximum atomic E-state index is 13.2. The van der Waals surface area contributed by atoms with Gasteiger partial charge in [-0.3, -0.25) is 14.5 Å². The molecule has 2 heterocycles. The number of amides is 4. The molecule has 2 fully saturated rings. The molecule has 2 N–H and O–H groups in total. The van der Waals surface area contributed by atoms with E-state index in [0.717, 1.165) is 22.6 Å². The largest absolute Gasteiger partial charge is 0.348 e. The van der Waals surface area contributed by atoms with Gasteiger partial charge >= 0.3 is 6.03 Å². The van der Waals surface area contributed by atoms with Crippen LogP contribution in [0.2, 0.25) is 0 Å². The Morgan fingerprint density at radius 3 is 2.59 bits per heavy atom. The number of benzene rings is 1. The van der Waals surface area contributed by atoms with E-state index >= 15 is 0 Å². The highest BCUT2D eigenvalue weighted by molar-refractivity contribution is 6.09. The van der Waals surface area contributed by atoms with Gasteiger partial charge in [0, 0.05) is 18.1 Å². The number of aromatic nitrogens is 2. The maximum absolute atomic E-state index is 13.2. The topological polar surface area (TPSA) is 96.3 Å². The lowest BCUT2D eigenvalue weighted by Crippen LogP contribution is -2.54. The molecule has 4 rings (SSSR count). The molecule has 8 nitrogen and oxygen atoms in total. The summed E-state index contributed by atoms with van der Waals surface area (Å²) in [4.78, 5) is 43.6. The predicted octanol–water partition coefficient (Wildman–Crippen LogP) is 3.19. The molecular weight excluding hydrogens is 406 g/mol. The highest BCUT2D eigenvalue weighted by atomic mass is 16.2. The second kappa shape index (κ2) is 8.07. The van der Waals surface area contributed by atoms with Crippen LogP contribution in [0, 0.1) is 11.3 Å². The molecule has 0 radical (unpaired) electrons. The first-order valence-corrected chi connectivity index (χ1v) is 11.1. The van der Waals surface area contributed by atoms with E-state index in [2.05, 4.69) is 36.4 Å². The normalized spacial score (nSPS) is 25.6. The molecule has 2 aliphatic rings. The molecule has 1 saturated carbocycles. The lowest BCUT2D eigenvalue weighted by molar-refractivity contribution is -0.137. The molecule has 1 aliphatic carbocycles. The molecule has 3 atom stereocenters. The number of nitrogens with one attached hydrogen (secondary N) is 2. The van der Waals surface area contributed by atoms with Gasteiger partial charge in [-0.15, -0.1) is 0 Å². The molecular formula is C24H31N5O3. The van der Waals surface area contributed by atoms with Crippen LogP contribution in [-0.4, -0.2) is 44.4 Å². The van der Waals surface area contributed by atoms with Gasteiger partial charge in [0.1, 0.15) is 12.1 Å². The third-order valence-electron chi connectivity index (χ3n) is 6.50. The number of rotatable bonds is 5. The Morgan fingerprint density at radius 2 is 1.97 bits per heavy atom. The Morgan fingerprint density at radius 1 is 1.25 bits per heavy atom. The second-order valence-corrected chi connectivity index (χ2v) is 10.1. The Balaban J connectivity index is 1.39. The van der Waals surface area contributed by atoms with Crippen molar-refractivity contribution in [1.29, 1.82) is 0 Å². The average Bonchev–Trinajstić information content (AvgIpc) is 3.30. The van der Waals surface area contributed by atoms with E-state index in [1.807, 2.05) is 42.0 Å². The van der Waals surface area contributed by atoms with Crippen molar-refractivity contribution < 1.29 is 14.4 Å². The first kappa shape index (κ1) is 22.0. The van der Waals surface area contributed by atoms with Crippen molar-refractivity contribution >= 4 is 17.8 Å². The molecule has 1 aliphatic heterocycles. The van der Waals surface area contributed by atoms with Gasteiger partial charge in [0.25, 0.3) is 5.91 Å². The van der Waals surface area contributed by atoms with E-state index in [1.165, 1.54) is 0 Å². The van der Waals surface area contributed by atoms with Gasteiger partial charge < -0.3 is 15.2 Å². The highest BCUT2D eigenvalue weighted by Crippen LogP contribution is 2.46. The molecule has 4 amide bonds. The van der Waals surface area contributed by atoms with Crippen molar-refractivity contribution in [1.82, 2.24) is 25.1 Å². The van der Waals surface area contributed by atoms with Crippen LogP contribution in [0.1, 0.15) is 58.6 Å². The molecule has 1 aromatic carbocycles. The van der Waals surface area contributed by atoms with E-state index in [0.29, 0.717) is 18.8 Å². The number of nitrogens with zero attached hydrogens (tertiary/aromatic N) is 3. The lowest BCUT2D eigenvalue weighted by atomic mass is 9.64. The zero-order valence-electron chi connectivity index (χ0n) is 19.1. The number of carbonyl (C=O) groups is 3. The van der Waals surface area contributed by atoms with Crippen molar-refractivity contribution in [3.8, 4) is 5.69 Å². The van der Waals surface area contributed by atoms with E-state index in [-0.39, 0.29) is 29.8 Å². The number of hydrogen-bond acceptors (Lipinski definition) is 4. The fraction of sp³-hybridized carbons (Fsp3) is 0.500. The summed E-state index contributed by atoms with van der Waals surface area (Å²) < 4.78 is 1.90. The van der Waals surface area contributed by atoms with E-state index in [1.54, 1.807) is 12.5 Å². The molecule has 8 heteroatoms. The molecule has 2 aromatic rings. The van der Waals surface area contributed by atoms with E-state index in [4.69, 9.17) is 0 Å². The molecule has 0 unspecified atom stereocenters. The quantitative estimate of drug-likeness (QED) is 0.702. The summed E-state index contributed by atoms with van der Waals surface area (Å²) in [7, 11) is 0. The molecule has 1 saturated heterocycles. The minimum atomic E-state index is -0.896. The smallest absolute Gasteiger partial charge is 0.325 e. The number of imidazole rings is 1. The van der Waals surface area contributed by atoms with Crippen LogP contribution < -0.4 is 10.6 Å². The molecule has 1 aromatic heterocycles. The Kier molecular flexibility index (Phi) is 5.56. The number of imide groups is 1.